The lowest BCUT2D eigenvalue weighted by atomic mass is 9.96. The molecule has 0 aromatic carbocycles. The van der Waals surface area contributed by atoms with Gasteiger partial charge in [0.15, 0.2) is 0 Å². The van der Waals surface area contributed by atoms with Crippen molar-refractivity contribution in [3.05, 3.63) is 0 Å². The second-order valence-electron chi connectivity index (χ2n) is 5.13. The molecule has 0 spiro atoms. The SMILES string of the molecule is CCN(CC)CC1CCN(C(=O)C(C)OC)CC1. The van der Waals surface area contributed by atoms with E-state index in [-0.39, 0.29) is 12.0 Å². The van der Waals surface area contributed by atoms with E-state index < -0.39 is 0 Å². The van der Waals surface area contributed by atoms with E-state index in [0.29, 0.717) is 0 Å². The van der Waals surface area contributed by atoms with Gasteiger partial charge < -0.3 is 14.5 Å². The van der Waals surface area contributed by atoms with Crippen LogP contribution in [0.25, 0.3) is 0 Å². The van der Waals surface area contributed by atoms with E-state index >= 15 is 0 Å². The monoisotopic (exact) mass is 256 g/mol. The molecule has 1 heterocycles. The van der Waals surface area contributed by atoms with Gasteiger partial charge in [-0.3, -0.25) is 4.79 Å². The fourth-order valence-corrected chi connectivity index (χ4v) is 2.54. The predicted molar refractivity (Wildman–Crippen MR) is 73.6 cm³/mol. The molecule has 1 amide bonds. The molecular formula is C14H28N2O2. The maximum Gasteiger partial charge on any atom is 0.251 e. The molecule has 1 atom stereocenters. The van der Waals surface area contributed by atoms with Crippen LogP contribution in [0.2, 0.25) is 0 Å². The van der Waals surface area contributed by atoms with Crippen molar-refractivity contribution in [1.82, 2.24) is 9.80 Å². The van der Waals surface area contributed by atoms with Crippen LogP contribution in [0, 0.1) is 5.92 Å². The van der Waals surface area contributed by atoms with Crippen LogP contribution in [-0.2, 0) is 9.53 Å². The minimum atomic E-state index is -0.302. The first-order chi connectivity index (χ1) is 8.62. The topological polar surface area (TPSA) is 32.8 Å². The Labute approximate surface area is 111 Å². The molecule has 1 aliphatic heterocycles. The zero-order chi connectivity index (χ0) is 13.5. The highest BCUT2D eigenvalue weighted by atomic mass is 16.5. The highest BCUT2D eigenvalue weighted by Gasteiger charge is 2.26. The average Bonchev–Trinajstić information content (AvgIpc) is 2.43. The van der Waals surface area contributed by atoms with Crippen molar-refractivity contribution in [2.24, 2.45) is 5.92 Å². The van der Waals surface area contributed by atoms with Crippen molar-refractivity contribution < 1.29 is 9.53 Å². The number of methoxy groups -OCH3 is 1. The van der Waals surface area contributed by atoms with Gasteiger partial charge in [0.05, 0.1) is 0 Å². The molecule has 0 N–H and O–H groups in total. The Hall–Kier alpha value is -0.610. The van der Waals surface area contributed by atoms with Crippen molar-refractivity contribution in [3.8, 4) is 0 Å². The van der Waals surface area contributed by atoms with E-state index in [2.05, 4.69) is 18.7 Å². The average molecular weight is 256 g/mol. The molecule has 1 unspecified atom stereocenters. The summed E-state index contributed by atoms with van der Waals surface area (Å²) in [4.78, 5) is 16.4. The molecule has 0 saturated carbocycles. The van der Waals surface area contributed by atoms with Gasteiger partial charge in [0.1, 0.15) is 6.10 Å². The smallest absolute Gasteiger partial charge is 0.251 e. The summed E-state index contributed by atoms with van der Waals surface area (Å²) in [6, 6.07) is 0. The van der Waals surface area contributed by atoms with Crippen LogP contribution in [0.4, 0.5) is 0 Å². The Kier molecular flexibility index (Phi) is 6.65. The van der Waals surface area contributed by atoms with Crippen molar-refractivity contribution in [2.45, 2.75) is 39.7 Å². The third kappa shape index (κ3) is 4.25. The van der Waals surface area contributed by atoms with Crippen LogP contribution in [0.1, 0.15) is 33.6 Å². The summed E-state index contributed by atoms with van der Waals surface area (Å²) in [6.07, 6.45) is 1.95. The van der Waals surface area contributed by atoms with E-state index in [9.17, 15) is 4.79 Å². The van der Waals surface area contributed by atoms with Gasteiger partial charge in [-0.15, -0.1) is 0 Å². The summed E-state index contributed by atoms with van der Waals surface area (Å²) in [7, 11) is 1.59. The molecule has 0 aromatic rings. The molecule has 1 fully saturated rings. The van der Waals surface area contributed by atoms with Crippen molar-refractivity contribution >= 4 is 5.91 Å². The molecule has 0 aliphatic carbocycles. The maximum atomic E-state index is 12.0. The number of piperidine rings is 1. The highest BCUT2D eigenvalue weighted by molar-refractivity contribution is 5.80. The summed E-state index contributed by atoms with van der Waals surface area (Å²) in [6.45, 7) is 11.4. The van der Waals surface area contributed by atoms with Gasteiger partial charge in [0.2, 0.25) is 0 Å². The van der Waals surface area contributed by atoms with Gasteiger partial charge in [-0.2, -0.15) is 0 Å². The summed E-state index contributed by atoms with van der Waals surface area (Å²) >= 11 is 0. The van der Waals surface area contributed by atoms with Crippen LogP contribution in [0.15, 0.2) is 0 Å². The number of amides is 1. The standard InChI is InChI=1S/C14H28N2O2/c1-5-15(6-2)11-13-7-9-16(10-8-13)14(17)12(3)18-4/h12-13H,5-11H2,1-4H3. The summed E-state index contributed by atoms with van der Waals surface area (Å²) < 4.78 is 5.09. The number of hydrogen-bond donors (Lipinski definition) is 0. The van der Waals surface area contributed by atoms with Crippen molar-refractivity contribution in [3.63, 3.8) is 0 Å². The lowest BCUT2D eigenvalue weighted by Gasteiger charge is -2.35. The Bertz CT molecular complexity index is 246. The van der Waals surface area contributed by atoms with Gasteiger partial charge in [-0.1, -0.05) is 13.8 Å². The van der Waals surface area contributed by atoms with Crippen LogP contribution in [-0.4, -0.2) is 61.6 Å². The Morgan fingerprint density at radius 1 is 1.33 bits per heavy atom. The second kappa shape index (κ2) is 7.74. The number of hydrogen-bond acceptors (Lipinski definition) is 3. The Morgan fingerprint density at radius 2 is 1.89 bits per heavy atom. The number of carbonyl (C=O) groups is 1. The van der Waals surface area contributed by atoms with Crippen LogP contribution in [0.3, 0.4) is 0 Å². The number of carbonyl (C=O) groups excluding carboxylic acids is 1. The Morgan fingerprint density at radius 3 is 2.33 bits per heavy atom. The maximum absolute atomic E-state index is 12.0. The van der Waals surface area contributed by atoms with Gasteiger partial charge >= 0.3 is 0 Å². The van der Waals surface area contributed by atoms with Crippen molar-refractivity contribution in [1.29, 1.82) is 0 Å². The quantitative estimate of drug-likeness (QED) is 0.723. The number of likely N-dealkylation sites (tertiary alicyclic amines) is 1. The Balaban J connectivity index is 2.34. The summed E-state index contributed by atoms with van der Waals surface area (Å²) in [5, 5.41) is 0. The fraction of sp³-hybridized carbons (Fsp3) is 0.929. The molecule has 1 rings (SSSR count). The molecule has 0 aromatic heterocycles. The first kappa shape index (κ1) is 15.4. The van der Waals surface area contributed by atoms with Gasteiger partial charge in [-0.25, -0.2) is 0 Å². The van der Waals surface area contributed by atoms with Crippen molar-refractivity contribution in [2.75, 3.05) is 39.8 Å². The largest absolute Gasteiger partial charge is 0.372 e. The molecule has 0 radical (unpaired) electrons. The molecular weight excluding hydrogens is 228 g/mol. The third-order valence-electron chi connectivity index (χ3n) is 4.04. The van der Waals surface area contributed by atoms with Crippen LogP contribution in [0.5, 0.6) is 0 Å². The van der Waals surface area contributed by atoms with Gasteiger partial charge in [0, 0.05) is 26.7 Å². The molecule has 18 heavy (non-hydrogen) atoms. The number of nitrogens with zero attached hydrogens (tertiary/aromatic N) is 2. The lowest BCUT2D eigenvalue weighted by Crippen LogP contribution is -2.45. The summed E-state index contributed by atoms with van der Waals surface area (Å²) in [5.74, 6) is 0.880. The number of ether oxygens (including phenoxy) is 1. The molecule has 4 heteroatoms. The minimum absolute atomic E-state index is 0.138. The first-order valence-electron chi connectivity index (χ1n) is 7.16. The molecule has 106 valence electrons. The van der Waals surface area contributed by atoms with E-state index in [4.69, 9.17) is 4.74 Å². The highest BCUT2D eigenvalue weighted by Crippen LogP contribution is 2.19. The third-order valence-corrected chi connectivity index (χ3v) is 4.04. The first-order valence-corrected chi connectivity index (χ1v) is 7.16. The van der Waals surface area contributed by atoms with E-state index in [1.165, 1.54) is 6.54 Å². The molecule has 4 nitrogen and oxygen atoms in total. The van der Waals surface area contributed by atoms with Crippen LogP contribution < -0.4 is 0 Å². The molecule has 1 aliphatic rings. The van der Waals surface area contributed by atoms with Gasteiger partial charge in [-0.05, 0) is 38.8 Å². The molecule has 0 bridgehead atoms. The lowest BCUT2D eigenvalue weighted by molar-refractivity contribution is -0.142. The molecule has 1 saturated heterocycles. The zero-order valence-corrected chi connectivity index (χ0v) is 12.3. The van der Waals surface area contributed by atoms with E-state index in [1.807, 2.05) is 11.8 Å². The second-order valence-corrected chi connectivity index (χ2v) is 5.13. The predicted octanol–water partition coefficient (Wildman–Crippen LogP) is 1.60. The van der Waals surface area contributed by atoms with Gasteiger partial charge in [0.25, 0.3) is 5.91 Å². The zero-order valence-electron chi connectivity index (χ0n) is 12.3. The fourth-order valence-electron chi connectivity index (χ4n) is 2.54. The summed E-state index contributed by atoms with van der Waals surface area (Å²) in [5.41, 5.74) is 0. The normalized spacial score (nSPS) is 19.3. The number of rotatable bonds is 6. The van der Waals surface area contributed by atoms with Crippen LogP contribution >= 0.6 is 0 Å². The van der Waals surface area contributed by atoms with E-state index in [0.717, 1.165) is 44.9 Å². The minimum Gasteiger partial charge on any atom is -0.372 e. The van der Waals surface area contributed by atoms with E-state index in [1.54, 1.807) is 7.11 Å².